The average Bonchev–Trinajstić information content (AvgIpc) is 2.85. The summed E-state index contributed by atoms with van der Waals surface area (Å²) in [6.07, 6.45) is 1.05. The lowest BCUT2D eigenvalue weighted by molar-refractivity contribution is 0.183. The SMILES string of the molecule is CCN(Cc1ccc2c(c1)CCO2)CC(C)(C)CN. The minimum absolute atomic E-state index is 0.176. The van der Waals surface area contributed by atoms with Crippen molar-refractivity contribution in [1.29, 1.82) is 0 Å². The van der Waals surface area contributed by atoms with E-state index in [9.17, 15) is 0 Å². The number of fused-ring (bicyclic) bond motifs is 1. The van der Waals surface area contributed by atoms with Crippen LogP contribution in [0.5, 0.6) is 5.75 Å². The van der Waals surface area contributed by atoms with Gasteiger partial charge >= 0.3 is 0 Å². The smallest absolute Gasteiger partial charge is 0.122 e. The van der Waals surface area contributed by atoms with E-state index < -0.39 is 0 Å². The lowest BCUT2D eigenvalue weighted by Crippen LogP contribution is -2.38. The van der Waals surface area contributed by atoms with Gasteiger partial charge in [0.1, 0.15) is 5.75 Å². The van der Waals surface area contributed by atoms with Gasteiger partial charge in [0, 0.05) is 19.5 Å². The first-order chi connectivity index (χ1) is 9.04. The van der Waals surface area contributed by atoms with Crippen LogP contribution in [0.2, 0.25) is 0 Å². The van der Waals surface area contributed by atoms with E-state index in [0.29, 0.717) is 0 Å². The zero-order valence-electron chi connectivity index (χ0n) is 12.4. The van der Waals surface area contributed by atoms with Crippen molar-refractivity contribution in [2.45, 2.75) is 33.7 Å². The maximum atomic E-state index is 5.83. The summed E-state index contributed by atoms with van der Waals surface area (Å²) < 4.78 is 5.55. The molecule has 1 aromatic rings. The summed E-state index contributed by atoms with van der Waals surface area (Å²) in [6.45, 7) is 11.3. The van der Waals surface area contributed by atoms with Crippen LogP contribution in [0.4, 0.5) is 0 Å². The molecule has 2 rings (SSSR count). The van der Waals surface area contributed by atoms with Crippen LogP contribution in [0.1, 0.15) is 31.9 Å². The fourth-order valence-electron chi connectivity index (χ4n) is 2.55. The molecule has 1 aromatic carbocycles. The summed E-state index contributed by atoms with van der Waals surface area (Å²) in [5.41, 5.74) is 8.74. The molecule has 0 bridgehead atoms. The van der Waals surface area contributed by atoms with Crippen LogP contribution in [-0.2, 0) is 13.0 Å². The van der Waals surface area contributed by atoms with Crippen LogP contribution in [0, 0.1) is 5.41 Å². The van der Waals surface area contributed by atoms with E-state index in [1.165, 1.54) is 11.1 Å². The van der Waals surface area contributed by atoms with Crippen molar-refractivity contribution in [1.82, 2.24) is 4.90 Å². The van der Waals surface area contributed by atoms with Crippen LogP contribution in [0.15, 0.2) is 18.2 Å². The molecule has 0 aliphatic carbocycles. The van der Waals surface area contributed by atoms with Gasteiger partial charge in [0.25, 0.3) is 0 Å². The van der Waals surface area contributed by atoms with Crippen molar-refractivity contribution in [3.8, 4) is 5.75 Å². The number of nitrogens with two attached hydrogens (primary N) is 1. The molecule has 0 saturated carbocycles. The van der Waals surface area contributed by atoms with Crippen LogP contribution >= 0.6 is 0 Å². The largest absolute Gasteiger partial charge is 0.493 e. The van der Waals surface area contributed by atoms with Crippen LogP contribution in [-0.4, -0.2) is 31.1 Å². The summed E-state index contributed by atoms with van der Waals surface area (Å²) in [6, 6.07) is 6.59. The molecule has 2 N–H and O–H groups in total. The molecule has 0 atom stereocenters. The van der Waals surface area contributed by atoms with E-state index in [1.54, 1.807) is 0 Å². The summed E-state index contributed by atoms with van der Waals surface area (Å²) in [7, 11) is 0. The molecule has 19 heavy (non-hydrogen) atoms. The Labute approximate surface area is 116 Å². The van der Waals surface area contributed by atoms with Crippen LogP contribution in [0.3, 0.4) is 0 Å². The summed E-state index contributed by atoms with van der Waals surface area (Å²) in [5.74, 6) is 1.06. The van der Waals surface area contributed by atoms with Crippen molar-refractivity contribution < 1.29 is 4.74 Å². The highest BCUT2D eigenvalue weighted by molar-refractivity contribution is 5.39. The van der Waals surface area contributed by atoms with Crippen LogP contribution in [0.25, 0.3) is 0 Å². The molecular formula is C16H26N2O. The fourth-order valence-corrected chi connectivity index (χ4v) is 2.55. The molecule has 106 valence electrons. The minimum Gasteiger partial charge on any atom is -0.493 e. The van der Waals surface area contributed by atoms with E-state index in [4.69, 9.17) is 10.5 Å². The van der Waals surface area contributed by atoms with Crippen molar-refractivity contribution in [2.75, 3.05) is 26.2 Å². The monoisotopic (exact) mass is 262 g/mol. The topological polar surface area (TPSA) is 38.5 Å². The van der Waals surface area contributed by atoms with Gasteiger partial charge in [0.2, 0.25) is 0 Å². The third-order valence-corrected chi connectivity index (χ3v) is 3.81. The van der Waals surface area contributed by atoms with Gasteiger partial charge in [-0.3, -0.25) is 4.90 Å². The number of rotatable bonds is 6. The van der Waals surface area contributed by atoms with Gasteiger partial charge < -0.3 is 10.5 Å². The molecule has 3 nitrogen and oxygen atoms in total. The Morgan fingerprint density at radius 1 is 1.37 bits per heavy atom. The van der Waals surface area contributed by atoms with Crippen molar-refractivity contribution in [3.05, 3.63) is 29.3 Å². The molecule has 0 aromatic heterocycles. The molecule has 1 heterocycles. The highest BCUT2D eigenvalue weighted by atomic mass is 16.5. The molecule has 0 amide bonds. The number of hydrogen-bond donors (Lipinski definition) is 1. The lowest BCUT2D eigenvalue weighted by Gasteiger charge is -2.31. The van der Waals surface area contributed by atoms with Gasteiger partial charge in [-0.2, -0.15) is 0 Å². The lowest BCUT2D eigenvalue weighted by atomic mass is 9.93. The summed E-state index contributed by atoms with van der Waals surface area (Å²) in [5, 5.41) is 0. The first-order valence-electron chi connectivity index (χ1n) is 7.21. The van der Waals surface area contributed by atoms with E-state index >= 15 is 0 Å². The molecule has 0 fully saturated rings. The van der Waals surface area contributed by atoms with Gasteiger partial charge in [0.15, 0.2) is 0 Å². The number of benzene rings is 1. The Morgan fingerprint density at radius 2 is 2.16 bits per heavy atom. The third-order valence-electron chi connectivity index (χ3n) is 3.81. The zero-order valence-corrected chi connectivity index (χ0v) is 12.4. The molecule has 0 unspecified atom stereocenters. The Bertz CT molecular complexity index is 429. The molecular weight excluding hydrogens is 236 g/mol. The fraction of sp³-hybridized carbons (Fsp3) is 0.625. The van der Waals surface area contributed by atoms with Gasteiger partial charge in [-0.05, 0) is 35.7 Å². The third kappa shape index (κ3) is 3.71. The number of hydrogen-bond acceptors (Lipinski definition) is 3. The van der Waals surface area contributed by atoms with Crippen molar-refractivity contribution in [2.24, 2.45) is 11.1 Å². The predicted molar refractivity (Wildman–Crippen MR) is 79.4 cm³/mol. The normalized spacial score (nSPS) is 14.6. The van der Waals surface area contributed by atoms with E-state index in [0.717, 1.165) is 45.0 Å². The van der Waals surface area contributed by atoms with E-state index in [-0.39, 0.29) is 5.41 Å². The van der Waals surface area contributed by atoms with Gasteiger partial charge in [-0.1, -0.05) is 32.9 Å². The maximum absolute atomic E-state index is 5.83. The molecule has 1 aliphatic rings. The summed E-state index contributed by atoms with van der Waals surface area (Å²) >= 11 is 0. The Balaban J connectivity index is 2.02. The predicted octanol–water partition coefficient (Wildman–Crippen LogP) is 2.43. The second kappa shape index (κ2) is 5.93. The van der Waals surface area contributed by atoms with Gasteiger partial charge in [-0.25, -0.2) is 0 Å². The maximum Gasteiger partial charge on any atom is 0.122 e. The Morgan fingerprint density at radius 3 is 2.84 bits per heavy atom. The number of nitrogens with zero attached hydrogens (tertiary/aromatic N) is 1. The second-order valence-corrected chi connectivity index (χ2v) is 6.21. The quantitative estimate of drug-likeness (QED) is 0.855. The van der Waals surface area contributed by atoms with Crippen molar-refractivity contribution in [3.63, 3.8) is 0 Å². The zero-order chi connectivity index (χ0) is 13.9. The minimum atomic E-state index is 0.176. The van der Waals surface area contributed by atoms with E-state index in [2.05, 4.69) is 43.9 Å². The van der Waals surface area contributed by atoms with Crippen molar-refractivity contribution >= 4 is 0 Å². The first kappa shape index (κ1) is 14.4. The second-order valence-electron chi connectivity index (χ2n) is 6.21. The van der Waals surface area contributed by atoms with Crippen LogP contribution < -0.4 is 10.5 Å². The molecule has 1 aliphatic heterocycles. The molecule has 0 spiro atoms. The molecule has 0 saturated heterocycles. The van der Waals surface area contributed by atoms with E-state index in [1.807, 2.05) is 0 Å². The standard InChI is InChI=1S/C16H26N2O/c1-4-18(12-16(2,3)11-17)10-13-5-6-15-14(9-13)7-8-19-15/h5-6,9H,4,7-8,10-12,17H2,1-3H3. The number of ether oxygens (including phenoxy) is 1. The van der Waals surface area contributed by atoms with Gasteiger partial charge in [-0.15, -0.1) is 0 Å². The van der Waals surface area contributed by atoms with Gasteiger partial charge in [0.05, 0.1) is 6.61 Å². The molecule has 0 radical (unpaired) electrons. The Hall–Kier alpha value is -1.06. The summed E-state index contributed by atoms with van der Waals surface area (Å²) in [4.78, 5) is 2.46. The average molecular weight is 262 g/mol. The highest BCUT2D eigenvalue weighted by Gasteiger charge is 2.20. The Kier molecular flexibility index (Phi) is 4.48. The highest BCUT2D eigenvalue weighted by Crippen LogP contribution is 2.26. The molecule has 3 heteroatoms. The first-order valence-corrected chi connectivity index (χ1v) is 7.21.